The second-order valence-electron chi connectivity index (χ2n) is 6.16. The fraction of sp³-hybridized carbons (Fsp3) is 0.300. The molecule has 3 rings (SSSR count). The Hall–Kier alpha value is -3.09. The first-order valence-corrected chi connectivity index (χ1v) is 8.89. The van der Waals surface area contributed by atoms with Crippen molar-refractivity contribution >= 4 is 17.6 Å². The molecule has 2 aromatic rings. The highest BCUT2D eigenvalue weighted by atomic mass is 19.1. The number of carbonyl (C=O) groups excluding carboxylic acids is 1. The van der Waals surface area contributed by atoms with Gasteiger partial charge < -0.3 is 20.7 Å². The Bertz CT molecular complexity index is 838. The van der Waals surface area contributed by atoms with Crippen molar-refractivity contribution in [3.8, 4) is 5.75 Å². The van der Waals surface area contributed by atoms with Gasteiger partial charge in [-0.2, -0.15) is 0 Å². The van der Waals surface area contributed by atoms with Crippen molar-refractivity contribution in [3.63, 3.8) is 0 Å². The van der Waals surface area contributed by atoms with Crippen LogP contribution in [0.25, 0.3) is 0 Å². The third-order valence-electron chi connectivity index (χ3n) is 4.26. The lowest BCUT2D eigenvalue weighted by Gasteiger charge is -2.18. The Morgan fingerprint density at radius 1 is 1.22 bits per heavy atom. The van der Waals surface area contributed by atoms with E-state index >= 15 is 0 Å². The Labute approximate surface area is 157 Å². The van der Waals surface area contributed by atoms with Gasteiger partial charge in [-0.05, 0) is 36.2 Å². The van der Waals surface area contributed by atoms with Crippen molar-refractivity contribution < 1.29 is 13.9 Å². The van der Waals surface area contributed by atoms with Gasteiger partial charge in [-0.25, -0.2) is 4.39 Å². The lowest BCUT2D eigenvalue weighted by Crippen LogP contribution is -2.39. The van der Waals surface area contributed by atoms with Gasteiger partial charge in [0.1, 0.15) is 18.2 Å². The molecule has 0 fully saturated rings. The van der Waals surface area contributed by atoms with Crippen LogP contribution in [0.3, 0.4) is 0 Å². The minimum atomic E-state index is -0.243. The van der Waals surface area contributed by atoms with Gasteiger partial charge in [0.15, 0.2) is 5.96 Å². The molecule has 6 nitrogen and oxygen atoms in total. The smallest absolute Gasteiger partial charge is 0.224 e. The van der Waals surface area contributed by atoms with Crippen LogP contribution >= 0.6 is 0 Å². The van der Waals surface area contributed by atoms with Crippen LogP contribution in [0.4, 0.5) is 10.1 Å². The van der Waals surface area contributed by atoms with Gasteiger partial charge >= 0.3 is 0 Å². The molecule has 142 valence electrons. The number of hydrogen-bond donors (Lipinski definition) is 3. The summed E-state index contributed by atoms with van der Waals surface area (Å²) >= 11 is 0. The van der Waals surface area contributed by atoms with Crippen LogP contribution in [-0.4, -0.2) is 32.1 Å². The molecule has 0 unspecified atom stereocenters. The molecule has 0 saturated carbocycles. The van der Waals surface area contributed by atoms with E-state index < -0.39 is 0 Å². The van der Waals surface area contributed by atoms with E-state index in [0.717, 1.165) is 23.4 Å². The van der Waals surface area contributed by atoms with Gasteiger partial charge in [-0.3, -0.25) is 9.79 Å². The zero-order valence-corrected chi connectivity index (χ0v) is 15.2. The quantitative estimate of drug-likeness (QED) is 0.415. The topological polar surface area (TPSA) is 74.8 Å². The number of ether oxygens (including phenoxy) is 1. The van der Waals surface area contributed by atoms with E-state index in [-0.39, 0.29) is 11.7 Å². The summed E-state index contributed by atoms with van der Waals surface area (Å²) in [6.45, 7) is 1.35. The summed E-state index contributed by atoms with van der Waals surface area (Å²) in [5, 5.41) is 9.06. The van der Waals surface area contributed by atoms with Crippen LogP contribution in [-0.2, 0) is 17.8 Å². The zero-order chi connectivity index (χ0) is 19.1. The number of aryl methyl sites for hydroxylation is 1. The molecule has 1 heterocycles. The molecule has 0 aromatic heterocycles. The maximum Gasteiger partial charge on any atom is 0.224 e. The lowest BCUT2D eigenvalue weighted by atomic mass is 10.0. The number of guanidine groups is 1. The second kappa shape index (κ2) is 9.02. The summed E-state index contributed by atoms with van der Waals surface area (Å²) in [4.78, 5) is 15.5. The normalized spacial score (nSPS) is 13.6. The molecular formula is C20H23FN4O2. The van der Waals surface area contributed by atoms with Crippen LogP contribution in [0.5, 0.6) is 5.75 Å². The van der Waals surface area contributed by atoms with E-state index in [4.69, 9.17) is 4.74 Å². The minimum Gasteiger partial charge on any atom is -0.492 e. The average Bonchev–Trinajstić information content (AvgIpc) is 2.68. The van der Waals surface area contributed by atoms with Crippen LogP contribution in [0.15, 0.2) is 47.5 Å². The van der Waals surface area contributed by atoms with E-state index in [1.807, 2.05) is 18.2 Å². The predicted octanol–water partition coefficient (Wildman–Crippen LogP) is 2.45. The second-order valence-corrected chi connectivity index (χ2v) is 6.16. The molecular weight excluding hydrogens is 347 g/mol. The van der Waals surface area contributed by atoms with Crippen molar-refractivity contribution in [3.05, 3.63) is 59.4 Å². The average molecular weight is 370 g/mol. The number of benzene rings is 2. The van der Waals surface area contributed by atoms with Crippen molar-refractivity contribution in [1.29, 1.82) is 0 Å². The SMILES string of the molecule is CN=C(NCCOc1ccc2c(c1)CCC(=O)N2)NCc1ccccc1F. The standard InChI is InChI=1S/C20H23FN4O2/c1-22-20(24-13-15-4-2-3-5-17(15)21)23-10-11-27-16-7-8-18-14(12-16)6-9-19(26)25-18/h2-5,7-8,12H,6,9-11,13H2,1H3,(H,25,26)(H2,22,23,24). The summed E-state index contributed by atoms with van der Waals surface area (Å²) in [5.41, 5.74) is 2.52. The van der Waals surface area contributed by atoms with Crippen LogP contribution in [0, 0.1) is 5.82 Å². The Morgan fingerprint density at radius 2 is 2.07 bits per heavy atom. The Kier molecular flexibility index (Phi) is 6.25. The monoisotopic (exact) mass is 370 g/mol. The first-order valence-electron chi connectivity index (χ1n) is 8.89. The van der Waals surface area contributed by atoms with Gasteiger partial charge in [-0.15, -0.1) is 0 Å². The minimum absolute atomic E-state index is 0.0506. The zero-order valence-electron chi connectivity index (χ0n) is 15.2. The van der Waals surface area contributed by atoms with E-state index in [0.29, 0.717) is 37.6 Å². The highest BCUT2D eigenvalue weighted by molar-refractivity contribution is 5.94. The number of fused-ring (bicyclic) bond motifs is 1. The Balaban J connectivity index is 1.42. The lowest BCUT2D eigenvalue weighted by molar-refractivity contribution is -0.116. The molecule has 1 aliphatic heterocycles. The highest BCUT2D eigenvalue weighted by Crippen LogP contribution is 2.26. The molecule has 0 bridgehead atoms. The summed E-state index contributed by atoms with van der Waals surface area (Å²) in [5.74, 6) is 1.15. The largest absolute Gasteiger partial charge is 0.492 e. The number of carbonyl (C=O) groups is 1. The fourth-order valence-corrected chi connectivity index (χ4v) is 2.83. The van der Waals surface area contributed by atoms with E-state index in [2.05, 4.69) is 20.9 Å². The molecule has 1 aliphatic rings. The predicted molar refractivity (Wildman–Crippen MR) is 103 cm³/mol. The maximum absolute atomic E-state index is 13.6. The van der Waals surface area contributed by atoms with Gasteiger partial charge in [-0.1, -0.05) is 18.2 Å². The van der Waals surface area contributed by atoms with Crippen molar-refractivity contribution in [2.75, 3.05) is 25.5 Å². The number of amides is 1. The molecule has 3 N–H and O–H groups in total. The number of hydrogen-bond acceptors (Lipinski definition) is 3. The molecule has 0 aliphatic carbocycles. The highest BCUT2D eigenvalue weighted by Gasteiger charge is 2.14. The van der Waals surface area contributed by atoms with Crippen LogP contribution in [0.1, 0.15) is 17.5 Å². The molecule has 1 amide bonds. The van der Waals surface area contributed by atoms with Crippen molar-refractivity contribution in [2.45, 2.75) is 19.4 Å². The third kappa shape index (κ3) is 5.20. The summed E-state index contributed by atoms with van der Waals surface area (Å²) < 4.78 is 19.4. The molecule has 0 saturated heterocycles. The van der Waals surface area contributed by atoms with Crippen molar-refractivity contribution in [2.24, 2.45) is 4.99 Å². The maximum atomic E-state index is 13.6. The first kappa shape index (κ1) is 18.7. The molecule has 7 heteroatoms. The van der Waals surface area contributed by atoms with Crippen LogP contribution < -0.4 is 20.7 Å². The molecule has 0 atom stereocenters. The Morgan fingerprint density at radius 3 is 2.89 bits per heavy atom. The van der Waals surface area contributed by atoms with Gasteiger partial charge in [0.05, 0.1) is 6.54 Å². The number of aliphatic imine (C=N–C) groups is 1. The molecule has 27 heavy (non-hydrogen) atoms. The van der Waals surface area contributed by atoms with Gasteiger partial charge in [0.25, 0.3) is 0 Å². The fourth-order valence-electron chi connectivity index (χ4n) is 2.83. The van der Waals surface area contributed by atoms with E-state index in [1.165, 1.54) is 6.07 Å². The number of rotatable bonds is 6. The van der Waals surface area contributed by atoms with E-state index in [1.54, 1.807) is 25.2 Å². The van der Waals surface area contributed by atoms with Gasteiger partial charge in [0, 0.05) is 31.3 Å². The number of nitrogens with zero attached hydrogens (tertiary/aromatic N) is 1. The van der Waals surface area contributed by atoms with Gasteiger partial charge in [0.2, 0.25) is 5.91 Å². The van der Waals surface area contributed by atoms with Crippen LogP contribution in [0.2, 0.25) is 0 Å². The molecule has 2 aromatic carbocycles. The molecule has 0 radical (unpaired) electrons. The van der Waals surface area contributed by atoms with Crippen molar-refractivity contribution in [1.82, 2.24) is 10.6 Å². The third-order valence-corrected chi connectivity index (χ3v) is 4.26. The summed E-state index contributed by atoms with van der Waals surface area (Å²) in [6.07, 6.45) is 1.23. The summed E-state index contributed by atoms with van der Waals surface area (Å²) in [7, 11) is 1.66. The number of halogens is 1. The first-order chi connectivity index (χ1) is 13.2. The number of anilines is 1. The number of nitrogens with one attached hydrogen (secondary N) is 3. The molecule has 0 spiro atoms. The van der Waals surface area contributed by atoms with E-state index in [9.17, 15) is 9.18 Å². The summed E-state index contributed by atoms with van der Waals surface area (Å²) in [6, 6.07) is 12.3.